The summed E-state index contributed by atoms with van der Waals surface area (Å²) in [7, 11) is 4.39. The number of rotatable bonds is 4. The number of nitrogens with zero attached hydrogens (tertiary/aromatic N) is 2. The summed E-state index contributed by atoms with van der Waals surface area (Å²) in [5.74, 6) is 0. The van der Waals surface area contributed by atoms with Crippen LogP contribution in [0, 0.1) is 5.41 Å². The first-order valence-corrected chi connectivity index (χ1v) is 6.87. The largest absolute Gasteiger partial charge is 0.393 e. The predicted octanol–water partition coefficient (Wildman–Crippen LogP) is 1.81. The molecule has 1 aliphatic heterocycles. The number of hydrogen-bond donors (Lipinski definition) is 1. The fourth-order valence-electron chi connectivity index (χ4n) is 2.38. The second kappa shape index (κ2) is 6.17. The molecule has 0 radical (unpaired) electrons. The van der Waals surface area contributed by atoms with E-state index in [0.29, 0.717) is 6.04 Å². The number of aliphatic hydroxyl groups is 1. The van der Waals surface area contributed by atoms with Gasteiger partial charge < -0.3 is 14.9 Å². The van der Waals surface area contributed by atoms with Gasteiger partial charge in [0.15, 0.2) is 0 Å². The van der Waals surface area contributed by atoms with Gasteiger partial charge in [0.05, 0.1) is 6.10 Å². The molecule has 1 aliphatic rings. The van der Waals surface area contributed by atoms with E-state index in [0.717, 1.165) is 13.0 Å². The van der Waals surface area contributed by atoms with E-state index in [1.54, 1.807) is 0 Å². The highest BCUT2D eigenvalue weighted by Crippen LogP contribution is 2.22. The molecule has 0 spiro atoms. The maximum Gasteiger partial charge on any atom is 0.0600 e. The lowest BCUT2D eigenvalue weighted by Crippen LogP contribution is -2.43. The summed E-state index contributed by atoms with van der Waals surface area (Å²) in [5.41, 5.74) is 0.00756. The van der Waals surface area contributed by atoms with Gasteiger partial charge in [-0.25, -0.2) is 0 Å². The van der Waals surface area contributed by atoms with E-state index in [1.807, 2.05) is 0 Å². The van der Waals surface area contributed by atoms with Gasteiger partial charge in [0.2, 0.25) is 0 Å². The molecule has 1 saturated heterocycles. The molecule has 0 aliphatic carbocycles. The monoisotopic (exact) mass is 242 g/mol. The molecular formula is C14H30N2O. The van der Waals surface area contributed by atoms with Crippen LogP contribution < -0.4 is 0 Å². The number of aliphatic hydroxyl groups excluding tert-OH is 1. The average Bonchev–Trinajstić information content (AvgIpc) is 2.25. The van der Waals surface area contributed by atoms with Crippen LogP contribution in [0.4, 0.5) is 0 Å². The van der Waals surface area contributed by atoms with E-state index in [4.69, 9.17) is 0 Å². The maximum atomic E-state index is 10.0. The molecule has 0 bridgehead atoms. The van der Waals surface area contributed by atoms with Crippen LogP contribution in [-0.2, 0) is 0 Å². The molecular weight excluding hydrogens is 212 g/mol. The Bertz CT molecular complexity index is 217. The molecule has 1 heterocycles. The second-order valence-corrected chi connectivity index (χ2v) is 6.69. The first-order valence-electron chi connectivity index (χ1n) is 6.87. The Kier molecular flexibility index (Phi) is 5.42. The van der Waals surface area contributed by atoms with Crippen LogP contribution in [0.2, 0.25) is 0 Å². The lowest BCUT2D eigenvalue weighted by molar-refractivity contribution is 0.0399. The Hall–Kier alpha value is -0.120. The molecule has 17 heavy (non-hydrogen) atoms. The zero-order valence-corrected chi connectivity index (χ0v) is 12.2. The molecule has 0 aromatic heterocycles. The Morgan fingerprint density at radius 3 is 2.29 bits per heavy atom. The number of hydrogen-bond acceptors (Lipinski definition) is 3. The summed E-state index contributed by atoms with van der Waals surface area (Å²) in [5, 5.41) is 10.0. The third-order valence-electron chi connectivity index (χ3n) is 4.07. The first-order chi connectivity index (χ1) is 7.80. The van der Waals surface area contributed by atoms with Gasteiger partial charge in [0, 0.05) is 12.6 Å². The second-order valence-electron chi connectivity index (χ2n) is 6.69. The van der Waals surface area contributed by atoms with Gasteiger partial charge in [0.25, 0.3) is 0 Å². The minimum absolute atomic E-state index is 0.00756. The summed E-state index contributed by atoms with van der Waals surface area (Å²) in [6.07, 6.45) is 3.21. The van der Waals surface area contributed by atoms with Crippen LogP contribution in [0.15, 0.2) is 0 Å². The molecule has 0 aromatic rings. The van der Waals surface area contributed by atoms with Crippen LogP contribution >= 0.6 is 0 Å². The Balaban J connectivity index is 2.27. The predicted molar refractivity (Wildman–Crippen MR) is 73.2 cm³/mol. The molecule has 1 fully saturated rings. The summed E-state index contributed by atoms with van der Waals surface area (Å²) >= 11 is 0. The molecule has 1 N–H and O–H groups in total. The molecule has 102 valence electrons. The number of piperidine rings is 1. The highest BCUT2D eigenvalue weighted by Gasteiger charge is 2.24. The van der Waals surface area contributed by atoms with Crippen molar-refractivity contribution in [2.45, 2.75) is 52.2 Å². The van der Waals surface area contributed by atoms with Gasteiger partial charge in [-0.15, -0.1) is 0 Å². The van der Waals surface area contributed by atoms with Crippen LogP contribution in [0.1, 0.15) is 40.0 Å². The minimum Gasteiger partial charge on any atom is -0.393 e. The lowest BCUT2D eigenvalue weighted by Gasteiger charge is -2.36. The van der Waals surface area contributed by atoms with Crippen LogP contribution in [0.25, 0.3) is 0 Å². The van der Waals surface area contributed by atoms with Crippen molar-refractivity contribution in [3.8, 4) is 0 Å². The van der Waals surface area contributed by atoms with Crippen molar-refractivity contribution in [2.75, 3.05) is 33.7 Å². The van der Waals surface area contributed by atoms with Crippen molar-refractivity contribution < 1.29 is 5.11 Å². The molecule has 0 amide bonds. The number of likely N-dealkylation sites (tertiary alicyclic amines) is 1. The Morgan fingerprint density at radius 1 is 1.29 bits per heavy atom. The zero-order valence-electron chi connectivity index (χ0n) is 12.2. The van der Waals surface area contributed by atoms with Crippen LogP contribution in [-0.4, -0.2) is 60.8 Å². The quantitative estimate of drug-likeness (QED) is 0.814. The van der Waals surface area contributed by atoms with Crippen molar-refractivity contribution in [3.05, 3.63) is 0 Å². The minimum atomic E-state index is -0.198. The van der Waals surface area contributed by atoms with Gasteiger partial charge in [-0.1, -0.05) is 20.8 Å². The normalized spacial score (nSPS) is 22.1. The first kappa shape index (κ1) is 14.9. The van der Waals surface area contributed by atoms with Crippen molar-refractivity contribution >= 4 is 0 Å². The van der Waals surface area contributed by atoms with E-state index >= 15 is 0 Å². The standard InChI is InChI=1S/C14H30N2O/c1-14(2,3)13(17)8-11-16(5)12-6-9-15(4)10-7-12/h12-13,17H,6-11H2,1-5H3. The summed E-state index contributed by atoms with van der Waals surface area (Å²) in [6.45, 7) is 9.73. The maximum absolute atomic E-state index is 10.0. The lowest BCUT2D eigenvalue weighted by atomic mass is 9.87. The van der Waals surface area contributed by atoms with Crippen LogP contribution in [0.3, 0.4) is 0 Å². The van der Waals surface area contributed by atoms with Crippen molar-refractivity contribution in [3.63, 3.8) is 0 Å². The van der Waals surface area contributed by atoms with E-state index in [1.165, 1.54) is 25.9 Å². The van der Waals surface area contributed by atoms with E-state index in [9.17, 15) is 5.11 Å². The molecule has 1 atom stereocenters. The van der Waals surface area contributed by atoms with Gasteiger partial charge in [0.1, 0.15) is 0 Å². The van der Waals surface area contributed by atoms with E-state index in [2.05, 4.69) is 44.7 Å². The smallest absolute Gasteiger partial charge is 0.0600 e. The molecule has 0 saturated carbocycles. The van der Waals surface area contributed by atoms with Gasteiger partial charge in [-0.3, -0.25) is 0 Å². The highest BCUT2D eigenvalue weighted by atomic mass is 16.3. The zero-order chi connectivity index (χ0) is 13.1. The van der Waals surface area contributed by atoms with Crippen molar-refractivity contribution in [1.29, 1.82) is 0 Å². The molecule has 1 rings (SSSR count). The average molecular weight is 242 g/mol. The Morgan fingerprint density at radius 2 is 1.82 bits per heavy atom. The third kappa shape index (κ3) is 4.94. The third-order valence-corrected chi connectivity index (χ3v) is 4.07. The van der Waals surface area contributed by atoms with E-state index < -0.39 is 0 Å². The van der Waals surface area contributed by atoms with Gasteiger partial charge in [-0.05, 0) is 51.9 Å². The van der Waals surface area contributed by atoms with Crippen molar-refractivity contribution in [1.82, 2.24) is 9.80 Å². The van der Waals surface area contributed by atoms with Gasteiger partial charge >= 0.3 is 0 Å². The highest BCUT2D eigenvalue weighted by molar-refractivity contribution is 4.79. The fourth-order valence-corrected chi connectivity index (χ4v) is 2.38. The van der Waals surface area contributed by atoms with Crippen molar-refractivity contribution in [2.24, 2.45) is 5.41 Å². The Labute approximate surface area is 107 Å². The topological polar surface area (TPSA) is 26.7 Å². The van der Waals surface area contributed by atoms with Gasteiger partial charge in [-0.2, -0.15) is 0 Å². The fraction of sp³-hybridized carbons (Fsp3) is 1.00. The SMILES string of the molecule is CN1CCC(N(C)CCC(O)C(C)(C)C)CC1. The molecule has 0 aromatic carbocycles. The molecule has 3 nitrogen and oxygen atoms in total. The molecule has 3 heteroatoms. The van der Waals surface area contributed by atoms with Crippen LogP contribution in [0.5, 0.6) is 0 Å². The van der Waals surface area contributed by atoms with E-state index in [-0.39, 0.29) is 11.5 Å². The molecule has 1 unspecified atom stereocenters. The summed E-state index contributed by atoms with van der Waals surface area (Å²) in [6, 6.07) is 0.707. The summed E-state index contributed by atoms with van der Waals surface area (Å²) < 4.78 is 0. The summed E-state index contributed by atoms with van der Waals surface area (Å²) in [4.78, 5) is 4.83.